The molecule has 118 valence electrons. The minimum atomic E-state index is -0.640. The summed E-state index contributed by atoms with van der Waals surface area (Å²) < 4.78 is 4.44. The van der Waals surface area contributed by atoms with Crippen LogP contribution in [-0.2, 0) is 14.3 Å². The second-order valence-electron chi connectivity index (χ2n) is 4.09. The molecule has 2 rings (SSSR count). The SMILES string of the molecule is COC(=O)/C=C1/S/C(=N\N=Cc2ccc([N+](=O)[O-])cc2)NC1=O. The second kappa shape index (κ2) is 7.31. The smallest absolute Gasteiger partial charge is 0.331 e. The third-order valence-electron chi connectivity index (χ3n) is 2.56. The molecule has 1 N–H and O–H groups in total. The highest BCUT2D eigenvalue weighted by Gasteiger charge is 2.24. The molecular formula is C13H10N4O5S. The Balaban J connectivity index is 2.03. The highest BCUT2D eigenvalue weighted by molar-refractivity contribution is 8.18. The van der Waals surface area contributed by atoms with Crippen LogP contribution in [0.5, 0.6) is 0 Å². The molecule has 10 heteroatoms. The Morgan fingerprint density at radius 1 is 1.39 bits per heavy atom. The fraction of sp³-hybridized carbons (Fsp3) is 0.0769. The van der Waals surface area contributed by atoms with Crippen molar-refractivity contribution in [2.75, 3.05) is 7.11 Å². The largest absolute Gasteiger partial charge is 0.466 e. The summed E-state index contributed by atoms with van der Waals surface area (Å²) in [6, 6.07) is 5.73. The Morgan fingerprint density at radius 2 is 2.09 bits per heavy atom. The maximum absolute atomic E-state index is 11.6. The van der Waals surface area contributed by atoms with E-state index in [1.54, 1.807) is 0 Å². The van der Waals surface area contributed by atoms with Crippen molar-refractivity contribution in [3.05, 3.63) is 50.9 Å². The van der Waals surface area contributed by atoms with Crippen LogP contribution < -0.4 is 5.32 Å². The van der Waals surface area contributed by atoms with Gasteiger partial charge in [-0.3, -0.25) is 20.2 Å². The van der Waals surface area contributed by atoms with Gasteiger partial charge < -0.3 is 4.74 Å². The van der Waals surface area contributed by atoms with E-state index in [4.69, 9.17) is 0 Å². The molecule has 0 unspecified atom stereocenters. The number of benzene rings is 1. The van der Waals surface area contributed by atoms with Gasteiger partial charge in [-0.1, -0.05) is 0 Å². The van der Waals surface area contributed by atoms with E-state index in [1.807, 2.05) is 0 Å². The van der Waals surface area contributed by atoms with E-state index in [0.717, 1.165) is 17.8 Å². The lowest BCUT2D eigenvalue weighted by Gasteiger charge is -1.92. The number of nitrogens with zero attached hydrogens (tertiary/aromatic N) is 3. The summed E-state index contributed by atoms with van der Waals surface area (Å²) in [6.07, 6.45) is 2.44. The lowest BCUT2D eigenvalue weighted by molar-refractivity contribution is -0.384. The number of nitrogens with one attached hydrogen (secondary N) is 1. The number of carbonyl (C=O) groups excluding carboxylic acids is 2. The normalized spacial score (nSPS) is 17.7. The van der Waals surface area contributed by atoms with Gasteiger partial charge in [0.1, 0.15) is 0 Å². The van der Waals surface area contributed by atoms with E-state index in [2.05, 4.69) is 20.3 Å². The molecule has 1 aliphatic heterocycles. The van der Waals surface area contributed by atoms with Crippen LogP contribution in [-0.4, -0.2) is 35.3 Å². The van der Waals surface area contributed by atoms with E-state index < -0.39 is 16.8 Å². The van der Waals surface area contributed by atoms with Gasteiger partial charge in [0.15, 0.2) is 5.17 Å². The number of nitro groups is 1. The first-order valence-corrected chi connectivity index (χ1v) is 6.95. The molecule has 1 saturated heterocycles. The van der Waals surface area contributed by atoms with E-state index >= 15 is 0 Å². The van der Waals surface area contributed by atoms with Gasteiger partial charge in [0.05, 0.1) is 23.2 Å². The van der Waals surface area contributed by atoms with Crippen LogP contribution in [0.15, 0.2) is 45.4 Å². The van der Waals surface area contributed by atoms with Gasteiger partial charge in [-0.05, 0) is 29.5 Å². The molecule has 0 atom stereocenters. The number of nitro benzene ring substituents is 1. The summed E-state index contributed by atoms with van der Waals surface area (Å²) in [7, 11) is 1.21. The number of hydrogen-bond acceptors (Lipinski definition) is 8. The monoisotopic (exact) mass is 334 g/mol. The number of amides is 1. The van der Waals surface area contributed by atoms with Crippen molar-refractivity contribution < 1.29 is 19.2 Å². The van der Waals surface area contributed by atoms with Crippen LogP contribution in [0.2, 0.25) is 0 Å². The number of hydrogen-bond donors (Lipinski definition) is 1. The van der Waals surface area contributed by atoms with Crippen LogP contribution >= 0.6 is 11.8 Å². The molecule has 1 aliphatic rings. The molecule has 0 radical (unpaired) electrons. The van der Waals surface area contributed by atoms with Crippen LogP contribution in [0.25, 0.3) is 0 Å². The zero-order chi connectivity index (χ0) is 16.8. The number of methoxy groups -OCH3 is 1. The highest BCUT2D eigenvalue weighted by atomic mass is 32.2. The first-order valence-electron chi connectivity index (χ1n) is 6.14. The zero-order valence-electron chi connectivity index (χ0n) is 11.8. The van der Waals surface area contributed by atoms with Crippen molar-refractivity contribution >= 4 is 40.7 Å². The summed E-state index contributed by atoms with van der Waals surface area (Å²) >= 11 is 0.951. The van der Waals surface area contributed by atoms with Crippen LogP contribution in [0.1, 0.15) is 5.56 Å². The first-order chi connectivity index (χ1) is 11.0. The number of thioether (sulfide) groups is 1. The lowest BCUT2D eigenvalue weighted by atomic mass is 10.2. The van der Waals surface area contributed by atoms with E-state index in [-0.39, 0.29) is 15.8 Å². The summed E-state index contributed by atoms with van der Waals surface area (Å²) in [5.74, 6) is -1.11. The number of esters is 1. The van der Waals surface area contributed by atoms with E-state index in [0.29, 0.717) is 5.56 Å². The molecule has 0 bridgehead atoms. The van der Waals surface area contributed by atoms with Crippen LogP contribution in [0.3, 0.4) is 0 Å². The summed E-state index contributed by atoms with van der Waals surface area (Å²) in [4.78, 5) is 32.8. The zero-order valence-corrected chi connectivity index (χ0v) is 12.6. The lowest BCUT2D eigenvalue weighted by Crippen LogP contribution is -2.19. The predicted octanol–water partition coefficient (Wildman–Crippen LogP) is 1.20. The average Bonchev–Trinajstić information content (AvgIpc) is 2.87. The Kier molecular flexibility index (Phi) is 5.20. The van der Waals surface area contributed by atoms with Gasteiger partial charge in [-0.25, -0.2) is 4.79 Å². The number of carbonyl (C=O) groups is 2. The van der Waals surface area contributed by atoms with Gasteiger partial charge in [0.2, 0.25) is 0 Å². The molecule has 0 saturated carbocycles. The predicted molar refractivity (Wildman–Crippen MR) is 84.0 cm³/mol. The molecule has 1 aromatic carbocycles. The first kappa shape index (κ1) is 16.4. The third-order valence-corrected chi connectivity index (χ3v) is 3.46. The summed E-state index contributed by atoms with van der Waals surface area (Å²) in [5, 5.41) is 20.8. The second-order valence-corrected chi connectivity index (χ2v) is 5.12. The minimum Gasteiger partial charge on any atom is -0.466 e. The van der Waals surface area contributed by atoms with Crippen molar-refractivity contribution in [2.24, 2.45) is 10.2 Å². The molecule has 0 aliphatic carbocycles. The third kappa shape index (κ3) is 4.48. The maximum atomic E-state index is 11.6. The van der Waals surface area contributed by atoms with Crippen molar-refractivity contribution in [3.63, 3.8) is 0 Å². The maximum Gasteiger partial charge on any atom is 0.331 e. The highest BCUT2D eigenvalue weighted by Crippen LogP contribution is 2.23. The molecule has 9 nitrogen and oxygen atoms in total. The summed E-state index contributed by atoms with van der Waals surface area (Å²) in [5.41, 5.74) is 0.587. The van der Waals surface area contributed by atoms with Crippen molar-refractivity contribution in [1.29, 1.82) is 0 Å². The number of non-ortho nitro benzene ring substituents is 1. The number of ether oxygens (including phenoxy) is 1. The standard InChI is InChI=1S/C13H10N4O5S/c1-22-11(18)6-10-12(19)15-13(23-10)16-14-7-8-2-4-9(5-3-8)17(20)21/h2-7H,1H3,(H,15,16,19)/b10-6+,14-7?. The molecule has 0 aromatic heterocycles. The van der Waals surface area contributed by atoms with Gasteiger partial charge in [-0.15, -0.1) is 5.10 Å². The molecule has 1 fully saturated rings. The molecule has 1 heterocycles. The van der Waals surface area contributed by atoms with Crippen molar-refractivity contribution in [3.8, 4) is 0 Å². The fourth-order valence-corrected chi connectivity index (χ4v) is 2.21. The Hall–Kier alpha value is -3.01. The number of amidine groups is 1. The quantitative estimate of drug-likeness (QED) is 0.290. The topological polar surface area (TPSA) is 123 Å². The molecule has 0 spiro atoms. The van der Waals surface area contributed by atoms with E-state index in [1.165, 1.54) is 37.6 Å². The van der Waals surface area contributed by atoms with Crippen molar-refractivity contribution in [1.82, 2.24) is 5.32 Å². The number of rotatable bonds is 4. The Morgan fingerprint density at radius 3 is 2.70 bits per heavy atom. The average molecular weight is 334 g/mol. The van der Waals surface area contributed by atoms with Gasteiger partial charge >= 0.3 is 5.97 Å². The minimum absolute atomic E-state index is 0.0235. The van der Waals surface area contributed by atoms with Gasteiger partial charge in [0.25, 0.3) is 11.6 Å². The van der Waals surface area contributed by atoms with Crippen LogP contribution in [0, 0.1) is 10.1 Å². The van der Waals surface area contributed by atoms with Gasteiger partial charge in [-0.2, -0.15) is 5.10 Å². The molecular weight excluding hydrogens is 324 g/mol. The molecule has 1 aromatic rings. The fourth-order valence-electron chi connectivity index (χ4n) is 1.47. The van der Waals surface area contributed by atoms with Crippen molar-refractivity contribution in [2.45, 2.75) is 0 Å². The Labute approximate surface area is 134 Å². The molecule has 23 heavy (non-hydrogen) atoms. The Bertz CT molecular complexity index is 739. The van der Waals surface area contributed by atoms with Gasteiger partial charge in [0, 0.05) is 18.2 Å². The van der Waals surface area contributed by atoms with E-state index in [9.17, 15) is 19.7 Å². The summed E-state index contributed by atoms with van der Waals surface area (Å²) in [6.45, 7) is 0. The van der Waals surface area contributed by atoms with Crippen LogP contribution in [0.4, 0.5) is 5.69 Å². The molecule has 1 amide bonds.